The first kappa shape index (κ1) is 41.5. The van der Waals surface area contributed by atoms with Crippen LogP contribution >= 0.6 is 0 Å². The molecule has 28 heteroatoms. The first-order valence-corrected chi connectivity index (χ1v) is 13.4. The third kappa shape index (κ3) is 8.26. The van der Waals surface area contributed by atoms with Gasteiger partial charge in [-0.15, -0.1) is 0 Å². The van der Waals surface area contributed by atoms with Crippen molar-refractivity contribution in [1.82, 2.24) is 4.90 Å². The van der Waals surface area contributed by atoms with Crippen molar-refractivity contribution in [1.29, 1.82) is 0 Å². The average Bonchev–Trinajstić information content (AvgIpc) is 3.13. The molecule has 3 aromatic carbocycles. The van der Waals surface area contributed by atoms with Gasteiger partial charge in [-0.25, -0.2) is 67.1 Å². The summed E-state index contributed by atoms with van der Waals surface area (Å²) in [6, 6.07) is 0. The molecular weight excluding hydrogens is 776 g/mol. The topological polar surface area (TPSA) is 228 Å². The van der Waals surface area contributed by atoms with Crippen LogP contribution in [0.1, 0.15) is 31.1 Å². The van der Waals surface area contributed by atoms with Gasteiger partial charge in [-0.3, -0.25) is 4.90 Å². The van der Waals surface area contributed by atoms with Gasteiger partial charge in [0.1, 0.15) is 53.7 Å². The van der Waals surface area contributed by atoms with Crippen molar-refractivity contribution in [2.75, 3.05) is 33.0 Å². The van der Waals surface area contributed by atoms with Gasteiger partial charge in [0.05, 0.1) is 0 Å². The summed E-state index contributed by atoms with van der Waals surface area (Å²) in [6.07, 6.45) is 0. The van der Waals surface area contributed by atoms with Gasteiger partial charge in [-0.2, -0.15) is 0 Å². The molecule has 0 atom stereocenters. The van der Waals surface area contributed by atoms with Crippen molar-refractivity contribution >= 4 is 35.0 Å². The van der Waals surface area contributed by atoms with Gasteiger partial charge < -0.3 is 14.2 Å². The molecule has 0 heterocycles. The SMILES string of the molecule is [N-]=[N+]=Nc1c(F)c(F)c(C(=O)OCCN(CCOC(=O)c2c(F)c(F)c(N=[N+]=[N-])c(F)c2F)COC(=O)c2c(F)c(F)c(N=[N+]=[N-])c(F)c2F)c(F)c1F. The molecule has 0 bridgehead atoms. The van der Waals surface area contributed by atoms with Crippen molar-refractivity contribution < 1.29 is 81.3 Å². The number of carbonyl (C=O) groups is 3. The molecule has 0 spiro atoms. The second kappa shape index (κ2) is 17.6. The third-order valence-electron chi connectivity index (χ3n) is 6.43. The summed E-state index contributed by atoms with van der Waals surface area (Å²) in [5, 5.41) is 7.21. The van der Waals surface area contributed by atoms with Gasteiger partial charge in [0.2, 0.25) is 0 Å². The molecule has 0 aliphatic heterocycles. The predicted molar refractivity (Wildman–Crippen MR) is 148 cm³/mol. The molecule has 0 fully saturated rings. The Bertz CT molecular complexity index is 2040. The van der Waals surface area contributed by atoms with E-state index in [-0.39, 0.29) is 0 Å². The number of hydrogen-bond acceptors (Lipinski definition) is 10. The molecule has 0 saturated carbocycles. The summed E-state index contributed by atoms with van der Waals surface area (Å²) in [5.41, 5.74) is 13.5. The minimum atomic E-state index is -2.43. The number of benzene rings is 3. The van der Waals surface area contributed by atoms with E-state index >= 15 is 0 Å². The third-order valence-corrected chi connectivity index (χ3v) is 6.43. The maximum atomic E-state index is 14.4. The minimum absolute atomic E-state index is 0.576. The zero-order valence-electron chi connectivity index (χ0n) is 25.5. The monoisotopic (exact) mass is 786 g/mol. The van der Waals surface area contributed by atoms with E-state index in [1.807, 2.05) is 14.7 Å². The molecule has 0 radical (unpaired) electrons. The van der Waals surface area contributed by atoms with Crippen molar-refractivity contribution in [2.24, 2.45) is 15.3 Å². The maximum absolute atomic E-state index is 14.4. The van der Waals surface area contributed by atoms with Crippen molar-refractivity contribution in [2.45, 2.75) is 0 Å². The molecule has 3 rings (SSSR count). The van der Waals surface area contributed by atoms with E-state index in [2.05, 4.69) is 29.6 Å². The van der Waals surface area contributed by atoms with Gasteiger partial charge in [0.15, 0.2) is 69.8 Å². The van der Waals surface area contributed by atoms with Crippen LogP contribution in [0.3, 0.4) is 0 Å². The fourth-order valence-corrected chi connectivity index (χ4v) is 3.94. The summed E-state index contributed by atoms with van der Waals surface area (Å²) in [5.74, 6) is -34.9. The first-order chi connectivity index (χ1) is 25.5. The fraction of sp³-hybridized carbons (Fsp3) is 0.192. The molecular formula is C26H10F12N10O6. The predicted octanol–water partition coefficient (Wildman–Crippen LogP) is 8.31. The zero-order chi connectivity index (χ0) is 40.6. The Kier molecular flexibility index (Phi) is 13.5. The number of nitrogens with zero attached hydrogens (tertiary/aromatic N) is 10. The molecule has 16 nitrogen and oxygen atoms in total. The smallest absolute Gasteiger partial charge is 0.345 e. The fourth-order valence-electron chi connectivity index (χ4n) is 3.94. The Hall–Kier alpha value is -6.88. The molecule has 0 amide bonds. The maximum Gasteiger partial charge on any atom is 0.345 e. The highest BCUT2D eigenvalue weighted by molar-refractivity contribution is 5.92. The number of hydrogen-bond donors (Lipinski definition) is 0. The summed E-state index contributed by atoms with van der Waals surface area (Å²) < 4.78 is 184. The highest BCUT2D eigenvalue weighted by Gasteiger charge is 2.33. The van der Waals surface area contributed by atoms with E-state index in [9.17, 15) is 67.1 Å². The normalized spacial score (nSPS) is 10.6. The Balaban J connectivity index is 1.86. The number of carbonyl (C=O) groups excluding carboxylic acids is 3. The van der Waals surface area contributed by atoms with Crippen LogP contribution in [0.4, 0.5) is 69.7 Å². The lowest BCUT2D eigenvalue weighted by Crippen LogP contribution is -2.35. The Morgan fingerprint density at radius 3 is 0.926 bits per heavy atom. The van der Waals surface area contributed by atoms with E-state index in [0.717, 1.165) is 0 Å². The lowest BCUT2D eigenvalue weighted by atomic mass is 10.1. The lowest BCUT2D eigenvalue weighted by molar-refractivity contribution is 0.00258. The summed E-state index contributed by atoms with van der Waals surface area (Å²) in [7, 11) is 0. The summed E-state index contributed by atoms with van der Waals surface area (Å²) in [6.45, 7) is -5.49. The van der Waals surface area contributed by atoms with Crippen LogP contribution in [0.15, 0.2) is 15.3 Å². The average molecular weight is 786 g/mol. The van der Waals surface area contributed by atoms with Crippen LogP contribution in [-0.4, -0.2) is 55.8 Å². The van der Waals surface area contributed by atoms with E-state index in [1.54, 1.807) is 0 Å². The molecule has 0 N–H and O–H groups in total. The number of halogens is 12. The highest BCUT2D eigenvalue weighted by Crippen LogP contribution is 2.33. The molecule has 0 aliphatic carbocycles. The first-order valence-electron chi connectivity index (χ1n) is 13.4. The minimum Gasteiger partial charge on any atom is -0.461 e. The Labute approximate surface area is 287 Å². The molecule has 0 saturated heterocycles. The van der Waals surface area contributed by atoms with Crippen molar-refractivity contribution in [3.63, 3.8) is 0 Å². The van der Waals surface area contributed by atoms with Gasteiger partial charge in [0, 0.05) is 27.8 Å². The summed E-state index contributed by atoms with van der Waals surface area (Å²) in [4.78, 5) is 43.4. The van der Waals surface area contributed by atoms with Crippen LogP contribution in [0.5, 0.6) is 0 Å². The molecule has 0 aromatic heterocycles. The van der Waals surface area contributed by atoms with Gasteiger partial charge >= 0.3 is 17.9 Å². The number of esters is 3. The second-order valence-electron chi connectivity index (χ2n) is 9.46. The van der Waals surface area contributed by atoms with E-state index in [0.29, 0.717) is 4.90 Å². The largest absolute Gasteiger partial charge is 0.461 e. The quantitative estimate of drug-likeness (QED) is 0.0226. The van der Waals surface area contributed by atoms with E-state index < -0.39 is 155 Å². The Morgan fingerprint density at radius 1 is 0.444 bits per heavy atom. The molecule has 284 valence electrons. The van der Waals surface area contributed by atoms with Crippen LogP contribution < -0.4 is 0 Å². The van der Waals surface area contributed by atoms with Gasteiger partial charge in [-0.05, 0) is 16.6 Å². The van der Waals surface area contributed by atoms with Crippen LogP contribution in [-0.2, 0) is 14.2 Å². The molecule has 0 aliphatic rings. The standard InChI is InChI=1S/C26H10F12N10O6/c27-9-6(10(28)16(34)21(15(9)33)42-45-39)24(49)52-3-1-48(5-54-26(51)8-13(31)19(37)23(44-47-41)20(38)14(8)32)2-4-53-25(50)7-11(29)17(35)22(43-46-40)18(36)12(7)30/h1-5H2. The number of rotatable bonds is 14. The lowest BCUT2D eigenvalue weighted by Gasteiger charge is -2.22. The second-order valence-corrected chi connectivity index (χ2v) is 9.46. The molecule has 3 aromatic rings. The summed E-state index contributed by atoms with van der Waals surface area (Å²) >= 11 is 0. The molecule has 0 unspecified atom stereocenters. The highest BCUT2D eigenvalue weighted by atomic mass is 19.2. The van der Waals surface area contributed by atoms with Crippen LogP contribution in [0, 0.1) is 69.8 Å². The van der Waals surface area contributed by atoms with Gasteiger partial charge in [0.25, 0.3) is 0 Å². The molecule has 54 heavy (non-hydrogen) atoms. The van der Waals surface area contributed by atoms with Gasteiger partial charge in [-0.1, -0.05) is 15.3 Å². The van der Waals surface area contributed by atoms with Crippen molar-refractivity contribution in [3.8, 4) is 0 Å². The number of ether oxygens (including phenoxy) is 3. The Morgan fingerprint density at radius 2 is 0.685 bits per heavy atom. The van der Waals surface area contributed by atoms with Crippen LogP contribution in [0.2, 0.25) is 0 Å². The van der Waals surface area contributed by atoms with E-state index in [1.165, 1.54) is 0 Å². The van der Waals surface area contributed by atoms with E-state index in [4.69, 9.17) is 16.6 Å². The van der Waals surface area contributed by atoms with Crippen LogP contribution in [0.25, 0.3) is 31.3 Å². The number of azide groups is 3. The van der Waals surface area contributed by atoms with Crippen molar-refractivity contribution in [3.05, 3.63) is 118 Å². The zero-order valence-corrected chi connectivity index (χ0v) is 25.5.